The fourth-order valence-electron chi connectivity index (χ4n) is 3.91. The zero-order valence-corrected chi connectivity index (χ0v) is 17.4. The Morgan fingerprint density at radius 2 is 2.00 bits per heavy atom. The largest absolute Gasteiger partial charge is 0.497 e. The molecule has 3 aromatic rings. The second kappa shape index (κ2) is 8.18. The monoisotopic (exact) mass is 407 g/mol. The summed E-state index contributed by atoms with van der Waals surface area (Å²) in [5.41, 5.74) is 2.46. The van der Waals surface area contributed by atoms with Gasteiger partial charge in [0.1, 0.15) is 18.1 Å². The molecule has 1 aromatic heterocycles. The number of esters is 1. The van der Waals surface area contributed by atoms with Crippen LogP contribution in [-0.4, -0.2) is 41.2 Å². The maximum absolute atomic E-state index is 12.8. The molecule has 2 heterocycles. The molecule has 7 nitrogen and oxygen atoms in total. The first kappa shape index (κ1) is 19.9. The van der Waals surface area contributed by atoms with Gasteiger partial charge in [0.05, 0.1) is 24.2 Å². The smallest absolute Gasteiger partial charge is 0.326 e. The average molecular weight is 407 g/mol. The number of ether oxygens (including phenoxy) is 2. The number of para-hydroxylation sites is 2. The van der Waals surface area contributed by atoms with Crippen LogP contribution in [0.3, 0.4) is 0 Å². The Morgan fingerprint density at radius 1 is 1.20 bits per heavy atom. The quantitative estimate of drug-likeness (QED) is 0.585. The van der Waals surface area contributed by atoms with E-state index in [9.17, 15) is 9.59 Å². The Balaban J connectivity index is 1.66. The summed E-state index contributed by atoms with van der Waals surface area (Å²) in [5, 5.41) is 0. The van der Waals surface area contributed by atoms with Crippen molar-refractivity contribution in [1.82, 2.24) is 9.55 Å². The lowest BCUT2D eigenvalue weighted by Gasteiger charge is -2.18. The fraction of sp³-hybridized carbons (Fsp3) is 0.348. The third-order valence-corrected chi connectivity index (χ3v) is 5.19. The van der Waals surface area contributed by atoms with Crippen molar-refractivity contribution in [3.63, 3.8) is 0 Å². The molecule has 0 saturated carbocycles. The van der Waals surface area contributed by atoms with E-state index < -0.39 is 0 Å². The van der Waals surface area contributed by atoms with Gasteiger partial charge in [-0.15, -0.1) is 0 Å². The molecule has 0 bridgehead atoms. The van der Waals surface area contributed by atoms with Crippen LogP contribution in [0.5, 0.6) is 5.75 Å². The number of imidazole rings is 1. The van der Waals surface area contributed by atoms with Crippen molar-refractivity contribution >= 4 is 28.6 Å². The molecule has 0 aliphatic carbocycles. The van der Waals surface area contributed by atoms with E-state index in [1.807, 2.05) is 66.9 Å². The predicted octanol–water partition coefficient (Wildman–Crippen LogP) is 3.52. The molecule has 30 heavy (non-hydrogen) atoms. The minimum Gasteiger partial charge on any atom is -0.497 e. The van der Waals surface area contributed by atoms with Crippen molar-refractivity contribution in [3.05, 3.63) is 54.4 Å². The highest BCUT2D eigenvalue weighted by atomic mass is 16.5. The first-order valence-electron chi connectivity index (χ1n) is 10.1. The number of hydrogen-bond donors (Lipinski definition) is 0. The van der Waals surface area contributed by atoms with Crippen LogP contribution in [0.2, 0.25) is 0 Å². The van der Waals surface area contributed by atoms with Gasteiger partial charge in [-0.3, -0.25) is 9.59 Å². The number of hydrogen-bond acceptors (Lipinski definition) is 5. The molecule has 1 atom stereocenters. The molecular formula is C23H25N3O4. The number of fused-ring (bicyclic) bond motifs is 1. The fourth-order valence-corrected chi connectivity index (χ4v) is 3.91. The van der Waals surface area contributed by atoms with Crippen LogP contribution in [0.1, 0.15) is 32.0 Å². The van der Waals surface area contributed by atoms with Gasteiger partial charge in [0, 0.05) is 30.6 Å². The number of nitrogens with zero attached hydrogens (tertiary/aromatic N) is 3. The van der Waals surface area contributed by atoms with Crippen molar-refractivity contribution in [2.75, 3.05) is 18.6 Å². The summed E-state index contributed by atoms with van der Waals surface area (Å²) >= 11 is 0. The summed E-state index contributed by atoms with van der Waals surface area (Å²) in [7, 11) is 1.60. The predicted molar refractivity (Wildman–Crippen MR) is 114 cm³/mol. The second-order valence-corrected chi connectivity index (χ2v) is 7.69. The van der Waals surface area contributed by atoms with Crippen molar-refractivity contribution in [2.24, 2.45) is 0 Å². The van der Waals surface area contributed by atoms with Gasteiger partial charge in [0.15, 0.2) is 0 Å². The SMILES string of the molecule is COc1cccc(N2CC(c3nc4ccccc4n3CC(=O)OC(C)C)CC2=O)c1. The Bertz CT molecular complexity index is 1090. The summed E-state index contributed by atoms with van der Waals surface area (Å²) in [5.74, 6) is 1.02. The summed E-state index contributed by atoms with van der Waals surface area (Å²) in [6.07, 6.45) is 0.145. The first-order chi connectivity index (χ1) is 14.5. The molecular weight excluding hydrogens is 382 g/mol. The van der Waals surface area contributed by atoms with Crippen LogP contribution in [0.4, 0.5) is 5.69 Å². The number of amides is 1. The number of aromatic nitrogens is 2. The normalized spacial score (nSPS) is 16.5. The van der Waals surface area contributed by atoms with Crippen LogP contribution >= 0.6 is 0 Å². The van der Waals surface area contributed by atoms with Gasteiger partial charge in [-0.1, -0.05) is 18.2 Å². The molecule has 0 spiro atoms. The van der Waals surface area contributed by atoms with Crippen molar-refractivity contribution in [2.45, 2.75) is 38.8 Å². The Hall–Kier alpha value is -3.35. The van der Waals surface area contributed by atoms with E-state index in [-0.39, 0.29) is 30.4 Å². The van der Waals surface area contributed by atoms with Crippen molar-refractivity contribution in [1.29, 1.82) is 0 Å². The highest BCUT2D eigenvalue weighted by Gasteiger charge is 2.35. The van der Waals surface area contributed by atoms with Gasteiger partial charge < -0.3 is 18.9 Å². The van der Waals surface area contributed by atoms with Gasteiger partial charge in [0.2, 0.25) is 5.91 Å². The van der Waals surface area contributed by atoms with E-state index in [0.29, 0.717) is 18.7 Å². The van der Waals surface area contributed by atoms with Crippen LogP contribution in [0.15, 0.2) is 48.5 Å². The lowest BCUT2D eigenvalue weighted by atomic mass is 10.1. The first-order valence-corrected chi connectivity index (χ1v) is 10.1. The highest BCUT2D eigenvalue weighted by Crippen LogP contribution is 2.34. The van der Waals surface area contributed by atoms with Crippen LogP contribution in [0.25, 0.3) is 11.0 Å². The molecule has 0 N–H and O–H groups in total. The zero-order chi connectivity index (χ0) is 21.3. The minimum absolute atomic E-state index is 0.0246. The molecule has 1 unspecified atom stereocenters. The maximum Gasteiger partial charge on any atom is 0.326 e. The van der Waals surface area contributed by atoms with Gasteiger partial charge in [-0.25, -0.2) is 4.98 Å². The third kappa shape index (κ3) is 3.87. The standard InChI is InChI=1S/C23H25N3O4/c1-15(2)30-22(28)14-26-20-10-5-4-9-19(20)24-23(26)16-11-21(27)25(13-16)17-7-6-8-18(12-17)29-3/h4-10,12,15-16H,11,13-14H2,1-3H3. The average Bonchev–Trinajstić information content (AvgIpc) is 3.28. The number of methoxy groups -OCH3 is 1. The van der Waals surface area contributed by atoms with Gasteiger partial charge >= 0.3 is 5.97 Å². The molecule has 1 saturated heterocycles. The van der Waals surface area contributed by atoms with E-state index in [2.05, 4.69) is 0 Å². The molecule has 0 radical (unpaired) electrons. The summed E-state index contributed by atoms with van der Waals surface area (Å²) < 4.78 is 12.5. The molecule has 4 rings (SSSR count). The van der Waals surface area contributed by atoms with Crippen LogP contribution in [-0.2, 0) is 20.9 Å². The van der Waals surface area contributed by atoms with Crippen LogP contribution < -0.4 is 9.64 Å². The Labute approximate surface area is 175 Å². The lowest BCUT2D eigenvalue weighted by Crippen LogP contribution is -2.25. The summed E-state index contributed by atoms with van der Waals surface area (Å²) in [6.45, 7) is 4.21. The van der Waals surface area contributed by atoms with Crippen molar-refractivity contribution in [3.8, 4) is 5.75 Å². The van der Waals surface area contributed by atoms with Crippen LogP contribution in [0, 0.1) is 0 Å². The third-order valence-electron chi connectivity index (χ3n) is 5.19. The number of carbonyl (C=O) groups is 2. The van der Waals surface area contributed by atoms with E-state index in [1.54, 1.807) is 12.0 Å². The van der Waals surface area contributed by atoms with E-state index >= 15 is 0 Å². The summed E-state index contributed by atoms with van der Waals surface area (Å²) in [6, 6.07) is 15.1. The molecule has 156 valence electrons. The molecule has 1 aliphatic rings. The maximum atomic E-state index is 12.8. The highest BCUT2D eigenvalue weighted by molar-refractivity contribution is 5.96. The van der Waals surface area contributed by atoms with E-state index in [1.165, 1.54) is 0 Å². The molecule has 1 aliphatic heterocycles. The zero-order valence-electron chi connectivity index (χ0n) is 17.4. The van der Waals surface area contributed by atoms with E-state index in [4.69, 9.17) is 14.5 Å². The number of rotatable bonds is 6. The second-order valence-electron chi connectivity index (χ2n) is 7.69. The number of carbonyl (C=O) groups excluding carboxylic acids is 2. The van der Waals surface area contributed by atoms with Gasteiger partial charge in [-0.2, -0.15) is 0 Å². The number of benzene rings is 2. The molecule has 7 heteroatoms. The van der Waals surface area contributed by atoms with Gasteiger partial charge in [-0.05, 0) is 38.1 Å². The topological polar surface area (TPSA) is 73.7 Å². The molecule has 1 amide bonds. The van der Waals surface area contributed by atoms with E-state index in [0.717, 1.165) is 22.5 Å². The van der Waals surface area contributed by atoms with Gasteiger partial charge in [0.25, 0.3) is 0 Å². The Kier molecular flexibility index (Phi) is 5.44. The number of anilines is 1. The lowest BCUT2D eigenvalue weighted by molar-refractivity contribution is -0.148. The summed E-state index contributed by atoms with van der Waals surface area (Å²) in [4.78, 5) is 31.7. The van der Waals surface area contributed by atoms with Crippen molar-refractivity contribution < 1.29 is 19.1 Å². The minimum atomic E-state index is -0.316. The molecule has 1 fully saturated rings. The Morgan fingerprint density at radius 3 is 2.77 bits per heavy atom. The molecule has 2 aromatic carbocycles.